The Kier molecular flexibility index (Phi) is 5.06. The molecular formula is C21H17Cl2N3O3. The minimum absolute atomic E-state index is 0.0165. The minimum Gasteiger partial charge on any atom is -0.489 e. The van der Waals surface area contributed by atoms with Gasteiger partial charge in [-0.25, -0.2) is 0 Å². The third-order valence-electron chi connectivity index (χ3n) is 4.44. The molecule has 0 spiro atoms. The minimum atomic E-state index is 0.0165. The standard InChI is InChI=1S/C21H17Cl2N3O3/c1-11(2)28-18-7-5-14(9-16(18)22)20-24-21(25-29-20)26-12(3)19(23)15-8-13(10-27)4-6-17(15)26/h4-11H,1-3H3. The summed E-state index contributed by atoms with van der Waals surface area (Å²) in [5, 5.41) is 5.85. The second-order valence-corrected chi connectivity index (χ2v) is 7.63. The summed E-state index contributed by atoms with van der Waals surface area (Å²) >= 11 is 12.8. The summed E-state index contributed by atoms with van der Waals surface area (Å²) in [5.74, 6) is 1.25. The predicted octanol–water partition coefficient (Wildman–Crippen LogP) is 5.90. The van der Waals surface area contributed by atoms with Crippen LogP contribution in [0.25, 0.3) is 28.3 Å². The van der Waals surface area contributed by atoms with Gasteiger partial charge in [-0.05, 0) is 62.3 Å². The molecule has 148 valence electrons. The maximum atomic E-state index is 11.1. The van der Waals surface area contributed by atoms with Gasteiger partial charge in [-0.3, -0.25) is 9.36 Å². The Balaban J connectivity index is 1.76. The predicted molar refractivity (Wildman–Crippen MR) is 112 cm³/mol. The van der Waals surface area contributed by atoms with Crippen LogP contribution >= 0.6 is 23.2 Å². The van der Waals surface area contributed by atoms with Crippen LogP contribution in [-0.4, -0.2) is 27.1 Å². The highest BCUT2D eigenvalue weighted by atomic mass is 35.5. The van der Waals surface area contributed by atoms with E-state index in [9.17, 15) is 4.79 Å². The first-order chi connectivity index (χ1) is 13.9. The van der Waals surface area contributed by atoms with Gasteiger partial charge in [0, 0.05) is 22.2 Å². The molecule has 0 aliphatic rings. The Morgan fingerprint density at radius 2 is 1.97 bits per heavy atom. The molecule has 0 atom stereocenters. The molecule has 6 nitrogen and oxygen atoms in total. The highest BCUT2D eigenvalue weighted by Crippen LogP contribution is 2.34. The van der Waals surface area contributed by atoms with E-state index in [1.54, 1.807) is 28.8 Å². The Morgan fingerprint density at radius 3 is 2.66 bits per heavy atom. The quantitative estimate of drug-likeness (QED) is 0.369. The molecule has 4 rings (SSSR count). The Labute approximate surface area is 177 Å². The highest BCUT2D eigenvalue weighted by molar-refractivity contribution is 6.36. The first-order valence-electron chi connectivity index (χ1n) is 8.95. The molecule has 2 aromatic carbocycles. The number of nitrogens with zero attached hydrogens (tertiary/aromatic N) is 3. The molecule has 0 radical (unpaired) electrons. The average Bonchev–Trinajstić information content (AvgIpc) is 3.27. The van der Waals surface area contributed by atoms with Crippen molar-refractivity contribution < 1.29 is 14.1 Å². The summed E-state index contributed by atoms with van der Waals surface area (Å²) in [6.07, 6.45) is 0.800. The zero-order valence-corrected chi connectivity index (χ0v) is 17.5. The van der Waals surface area contributed by atoms with Gasteiger partial charge < -0.3 is 9.26 Å². The summed E-state index contributed by atoms with van der Waals surface area (Å²) in [5.41, 5.74) is 2.75. The lowest BCUT2D eigenvalue weighted by atomic mass is 10.2. The number of ether oxygens (including phenoxy) is 1. The lowest BCUT2D eigenvalue weighted by molar-refractivity contribution is 0.112. The Bertz CT molecular complexity index is 1230. The summed E-state index contributed by atoms with van der Waals surface area (Å²) in [4.78, 5) is 15.6. The van der Waals surface area contributed by atoms with Gasteiger partial charge in [0.05, 0.1) is 21.7 Å². The number of aromatic nitrogens is 3. The Hall–Kier alpha value is -2.83. The summed E-state index contributed by atoms with van der Waals surface area (Å²) in [6, 6.07) is 10.6. The van der Waals surface area contributed by atoms with E-state index in [0.717, 1.165) is 22.9 Å². The number of hydrogen-bond donors (Lipinski definition) is 0. The van der Waals surface area contributed by atoms with Gasteiger partial charge in [0.1, 0.15) is 12.0 Å². The van der Waals surface area contributed by atoms with Crippen LogP contribution in [-0.2, 0) is 0 Å². The number of halogens is 2. The first-order valence-corrected chi connectivity index (χ1v) is 9.71. The maximum absolute atomic E-state index is 11.1. The van der Waals surface area contributed by atoms with E-state index >= 15 is 0 Å². The van der Waals surface area contributed by atoms with Crippen LogP contribution in [0.2, 0.25) is 10.0 Å². The number of carbonyl (C=O) groups excluding carboxylic acids is 1. The van der Waals surface area contributed by atoms with E-state index in [-0.39, 0.29) is 6.10 Å². The van der Waals surface area contributed by atoms with Gasteiger partial charge in [0.15, 0.2) is 0 Å². The fraction of sp³-hybridized carbons (Fsp3) is 0.190. The normalized spacial score (nSPS) is 11.4. The van der Waals surface area contributed by atoms with E-state index < -0.39 is 0 Å². The number of carbonyl (C=O) groups is 1. The molecule has 0 amide bonds. The lowest BCUT2D eigenvalue weighted by Gasteiger charge is -2.11. The van der Waals surface area contributed by atoms with E-state index in [2.05, 4.69) is 10.1 Å². The fourth-order valence-corrected chi connectivity index (χ4v) is 3.60. The molecule has 0 saturated carbocycles. The molecule has 0 saturated heterocycles. The highest BCUT2D eigenvalue weighted by Gasteiger charge is 2.19. The van der Waals surface area contributed by atoms with Crippen molar-refractivity contribution in [1.29, 1.82) is 0 Å². The number of aldehydes is 1. The van der Waals surface area contributed by atoms with Crippen LogP contribution in [0.1, 0.15) is 29.9 Å². The molecule has 0 bridgehead atoms. The number of benzene rings is 2. The molecule has 0 aliphatic carbocycles. The molecule has 29 heavy (non-hydrogen) atoms. The van der Waals surface area contributed by atoms with Gasteiger partial charge in [-0.1, -0.05) is 23.2 Å². The van der Waals surface area contributed by atoms with Crippen LogP contribution in [0.4, 0.5) is 0 Å². The van der Waals surface area contributed by atoms with Crippen LogP contribution in [0.3, 0.4) is 0 Å². The maximum Gasteiger partial charge on any atom is 0.275 e. The molecule has 0 fully saturated rings. The topological polar surface area (TPSA) is 70.2 Å². The average molecular weight is 430 g/mol. The van der Waals surface area contributed by atoms with Crippen molar-refractivity contribution in [3.05, 3.63) is 57.7 Å². The smallest absolute Gasteiger partial charge is 0.275 e. The van der Waals surface area contributed by atoms with Crippen LogP contribution < -0.4 is 4.74 Å². The fourth-order valence-electron chi connectivity index (χ4n) is 3.14. The zero-order chi connectivity index (χ0) is 20.7. The van der Waals surface area contributed by atoms with Crippen LogP contribution in [0.15, 0.2) is 40.9 Å². The SMILES string of the molecule is Cc1c(Cl)c2cc(C=O)ccc2n1-c1noc(-c2ccc(OC(C)C)c(Cl)c2)n1. The second kappa shape index (κ2) is 7.54. The van der Waals surface area contributed by atoms with Gasteiger partial charge in [0.2, 0.25) is 0 Å². The summed E-state index contributed by atoms with van der Waals surface area (Å²) in [6.45, 7) is 5.72. The summed E-state index contributed by atoms with van der Waals surface area (Å²) in [7, 11) is 0. The third-order valence-corrected chi connectivity index (χ3v) is 5.22. The number of rotatable bonds is 5. The van der Waals surface area contributed by atoms with Crippen molar-refractivity contribution in [1.82, 2.24) is 14.7 Å². The van der Waals surface area contributed by atoms with Crippen molar-refractivity contribution >= 4 is 40.4 Å². The van der Waals surface area contributed by atoms with Crippen molar-refractivity contribution in [2.24, 2.45) is 0 Å². The van der Waals surface area contributed by atoms with E-state index in [0.29, 0.717) is 38.8 Å². The largest absolute Gasteiger partial charge is 0.489 e. The summed E-state index contributed by atoms with van der Waals surface area (Å²) < 4.78 is 12.9. The van der Waals surface area contributed by atoms with E-state index in [1.165, 1.54) is 0 Å². The van der Waals surface area contributed by atoms with Crippen molar-refractivity contribution in [2.45, 2.75) is 26.9 Å². The Morgan fingerprint density at radius 1 is 1.17 bits per heavy atom. The third kappa shape index (κ3) is 3.50. The first kappa shape index (κ1) is 19.5. The van der Waals surface area contributed by atoms with Gasteiger partial charge in [-0.2, -0.15) is 4.98 Å². The molecule has 2 aromatic heterocycles. The molecule has 0 N–H and O–H groups in total. The molecule has 2 heterocycles. The second-order valence-electron chi connectivity index (χ2n) is 6.84. The monoisotopic (exact) mass is 429 g/mol. The van der Waals surface area contributed by atoms with Gasteiger partial charge in [-0.15, -0.1) is 0 Å². The number of hydrogen-bond acceptors (Lipinski definition) is 5. The molecule has 8 heteroatoms. The van der Waals surface area contributed by atoms with Crippen molar-refractivity contribution in [3.8, 4) is 23.2 Å². The molecular weight excluding hydrogens is 413 g/mol. The van der Waals surface area contributed by atoms with Gasteiger partial charge >= 0.3 is 0 Å². The van der Waals surface area contributed by atoms with Crippen LogP contribution in [0, 0.1) is 6.92 Å². The molecule has 4 aromatic rings. The van der Waals surface area contributed by atoms with Crippen molar-refractivity contribution in [2.75, 3.05) is 0 Å². The van der Waals surface area contributed by atoms with Crippen LogP contribution in [0.5, 0.6) is 5.75 Å². The lowest BCUT2D eigenvalue weighted by Crippen LogP contribution is -2.05. The number of fused-ring (bicyclic) bond motifs is 1. The zero-order valence-electron chi connectivity index (χ0n) is 15.9. The molecule has 0 aliphatic heterocycles. The van der Waals surface area contributed by atoms with E-state index in [1.807, 2.05) is 32.9 Å². The van der Waals surface area contributed by atoms with E-state index in [4.69, 9.17) is 32.5 Å². The van der Waals surface area contributed by atoms with Crippen molar-refractivity contribution in [3.63, 3.8) is 0 Å². The molecule has 0 unspecified atom stereocenters. The van der Waals surface area contributed by atoms with Gasteiger partial charge in [0.25, 0.3) is 11.8 Å².